The third kappa shape index (κ3) is 22.2. The number of ether oxygens (including phenoxy) is 6. The fourth-order valence-electron chi connectivity index (χ4n) is 15.4. The summed E-state index contributed by atoms with van der Waals surface area (Å²) in [6, 6.07) is -0.249. The van der Waals surface area contributed by atoms with Gasteiger partial charge in [0.2, 0.25) is 53.4 Å². The van der Waals surface area contributed by atoms with Gasteiger partial charge in [-0.15, -0.1) is 0 Å². The topological polar surface area (TPSA) is 517 Å². The second kappa shape index (κ2) is 41.2. The molecule has 7 heterocycles. The van der Waals surface area contributed by atoms with Crippen molar-refractivity contribution in [3.8, 4) is 57.1 Å². The first-order chi connectivity index (χ1) is 56.2. The molecule has 18 atom stereocenters. The number of primary amides is 1. The van der Waals surface area contributed by atoms with Crippen molar-refractivity contribution in [2.24, 2.45) is 11.7 Å². The van der Waals surface area contributed by atoms with Crippen LogP contribution in [0.2, 0.25) is 10.0 Å². The normalized spacial score (nSPS) is 26.9. The van der Waals surface area contributed by atoms with E-state index in [4.69, 9.17) is 57.4 Å². The maximum Gasteiger partial charge on any atom is 0.330 e. The molecule has 0 aromatic heterocycles. The number of aromatic hydroxyl groups is 3. The van der Waals surface area contributed by atoms with Gasteiger partial charge in [-0.1, -0.05) is 146 Å². The maximum atomic E-state index is 16.3. The minimum absolute atomic E-state index is 0.0800. The van der Waals surface area contributed by atoms with Gasteiger partial charge in [-0.3, -0.25) is 33.6 Å². The first-order valence-electron chi connectivity index (χ1n) is 40.2. The summed E-state index contributed by atoms with van der Waals surface area (Å²) in [6.45, 7) is 11.3. The number of fused-ring (bicyclic) bond motifs is 15. The van der Waals surface area contributed by atoms with Gasteiger partial charge in [0.25, 0.3) is 0 Å². The summed E-state index contributed by atoms with van der Waals surface area (Å²) in [5.41, 5.74) is 2.02. The molecule has 35 heteroatoms. The lowest BCUT2D eigenvalue weighted by Gasteiger charge is -2.48. The lowest BCUT2D eigenvalue weighted by atomic mass is 9.84. The molecule has 0 spiro atoms. The highest BCUT2D eigenvalue weighted by atomic mass is 35.5. The monoisotopic (exact) mass is 1690 g/mol. The van der Waals surface area contributed by atoms with Crippen molar-refractivity contribution in [3.63, 3.8) is 0 Å². The number of hydrogen-bond donors (Lipinski definition) is 19. The number of phenolic OH excluding ortho intramolecular Hbond substituents is 3. The van der Waals surface area contributed by atoms with E-state index < -0.39 is 231 Å². The number of unbranched alkanes of at least 4 members (excludes halogenated alkanes) is 12. The highest BCUT2D eigenvalue weighted by molar-refractivity contribution is 6.32. The Labute approximate surface area is 692 Å². The number of benzene rings is 5. The van der Waals surface area contributed by atoms with E-state index in [2.05, 4.69) is 56.4 Å². The predicted molar refractivity (Wildman–Crippen MR) is 428 cm³/mol. The fourth-order valence-corrected chi connectivity index (χ4v) is 15.8. The smallest absolute Gasteiger partial charge is 0.330 e. The summed E-state index contributed by atoms with van der Waals surface area (Å²) in [7, 11) is 0. The molecule has 7 amide bonds. The Kier molecular flexibility index (Phi) is 31.8. The second-order valence-corrected chi connectivity index (χ2v) is 32.3. The van der Waals surface area contributed by atoms with Crippen molar-refractivity contribution >= 4 is 70.5 Å². The molecule has 20 N–H and O–H groups in total. The molecule has 5 aromatic carbocycles. The highest BCUT2D eigenvalue weighted by Gasteiger charge is 2.52. The number of halogens is 2. The Hall–Kier alpha value is -9.20. The summed E-state index contributed by atoms with van der Waals surface area (Å²) < 4.78 is 39.6. The molecule has 644 valence electrons. The van der Waals surface area contributed by atoms with Crippen LogP contribution in [0.3, 0.4) is 0 Å². The minimum atomic E-state index is -2.35. The molecular formula is C83H109Cl2N9O24. The van der Waals surface area contributed by atoms with Gasteiger partial charge < -0.3 is 128 Å². The molecule has 2 saturated heterocycles. The third-order valence-corrected chi connectivity index (χ3v) is 22.5. The van der Waals surface area contributed by atoms with Gasteiger partial charge in [-0.05, 0) is 129 Å². The number of carboxylic acids is 1. The zero-order chi connectivity index (χ0) is 85.6. The fraction of sp³-hybridized carbons (Fsp3) is 0.542. The van der Waals surface area contributed by atoms with E-state index in [0.717, 1.165) is 138 Å². The van der Waals surface area contributed by atoms with E-state index in [1.807, 2.05) is 13.8 Å². The first kappa shape index (κ1) is 91.1. The number of rotatable bonds is 30. The van der Waals surface area contributed by atoms with Gasteiger partial charge in [0.1, 0.15) is 89.5 Å². The zero-order valence-corrected chi connectivity index (χ0v) is 68.1. The number of hydrogen-bond acceptors (Lipinski definition) is 25. The van der Waals surface area contributed by atoms with Crippen LogP contribution < -0.4 is 62.5 Å². The molecule has 0 unspecified atom stereocenters. The SMILES string of the molecule is CCCCCCCCCN[C@H](CC(C)C)C(=O)N[C@H]1C(=O)N[C@@H](CC(N)=O)C(=O)N[C@@H]2C(=O)N[C@H]3C(=O)N[C@H](C(=O)N[C@H](C(=O)O)c4cc(O)cc(O)c4-c4cc3ccc4O)[C@H](O)c3ccc(c(Cl)c3)Oc3cc2cc(c3O[C@@H]2O[C@H](CO)[C@@H](O)[C@H](O)[C@H]2O[C@H]2C[C@](C)(NCCCCCCCCC)[C@H](O)[C@H](C)O2)Oc2ccc(cc2Cl)[C@H]1O. The first-order valence-corrected chi connectivity index (χ1v) is 41.0. The van der Waals surface area contributed by atoms with E-state index >= 15 is 19.2 Å². The highest BCUT2D eigenvalue weighted by Crippen LogP contribution is 2.50. The van der Waals surface area contributed by atoms with Gasteiger partial charge in [0, 0.05) is 34.7 Å². The lowest BCUT2D eigenvalue weighted by molar-refractivity contribution is -0.334. The van der Waals surface area contributed by atoms with Gasteiger partial charge in [-0.25, -0.2) is 4.79 Å². The number of aliphatic hydroxyl groups is 6. The molecule has 2 fully saturated rings. The number of carboxylic acid groups (broad SMARTS) is 1. The minimum Gasteiger partial charge on any atom is -0.508 e. The van der Waals surface area contributed by atoms with Gasteiger partial charge in [0.15, 0.2) is 29.9 Å². The Morgan fingerprint density at radius 1 is 0.636 bits per heavy atom. The quantitative estimate of drug-likeness (QED) is 0.0215. The Morgan fingerprint density at radius 2 is 1.21 bits per heavy atom. The van der Waals surface area contributed by atoms with Crippen LogP contribution in [0.1, 0.15) is 209 Å². The van der Waals surface area contributed by atoms with Crippen molar-refractivity contribution < 1.29 is 118 Å². The van der Waals surface area contributed by atoms with Crippen LogP contribution in [-0.2, 0) is 52.6 Å². The van der Waals surface area contributed by atoms with Crippen molar-refractivity contribution in [1.82, 2.24) is 42.5 Å². The van der Waals surface area contributed by atoms with E-state index in [0.29, 0.717) is 19.5 Å². The van der Waals surface area contributed by atoms with Crippen molar-refractivity contribution in [3.05, 3.63) is 117 Å². The molecule has 11 bridgehead atoms. The predicted octanol–water partition coefficient (Wildman–Crippen LogP) is 6.61. The summed E-state index contributed by atoms with van der Waals surface area (Å²) in [4.78, 5) is 119. The molecular weight excluding hydrogens is 1580 g/mol. The third-order valence-electron chi connectivity index (χ3n) is 21.9. The molecule has 33 nitrogen and oxygen atoms in total. The summed E-state index contributed by atoms with van der Waals surface area (Å²) >= 11 is 14.4. The maximum absolute atomic E-state index is 16.3. The average Bonchev–Trinajstić information content (AvgIpc) is 0.767. The summed E-state index contributed by atoms with van der Waals surface area (Å²) in [5, 5.41) is 138. The van der Waals surface area contributed by atoms with Gasteiger partial charge in [-0.2, -0.15) is 0 Å². The largest absolute Gasteiger partial charge is 0.508 e. The number of phenols is 3. The molecule has 7 aliphatic heterocycles. The van der Waals surface area contributed by atoms with Crippen LogP contribution in [0.5, 0.6) is 46.0 Å². The molecule has 7 aliphatic rings. The van der Waals surface area contributed by atoms with Gasteiger partial charge in [0.05, 0.1) is 41.3 Å². The number of amides is 7. The van der Waals surface area contributed by atoms with Gasteiger partial charge >= 0.3 is 5.97 Å². The van der Waals surface area contributed by atoms with E-state index in [1.54, 1.807) is 13.8 Å². The number of aliphatic carboxylic acids is 1. The molecule has 118 heavy (non-hydrogen) atoms. The number of nitrogens with two attached hydrogens (primary N) is 1. The second-order valence-electron chi connectivity index (χ2n) is 31.5. The number of carbonyl (C=O) groups excluding carboxylic acids is 7. The number of carbonyl (C=O) groups is 8. The molecule has 0 saturated carbocycles. The van der Waals surface area contributed by atoms with Crippen molar-refractivity contribution in [2.45, 2.75) is 260 Å². The molecule has 12 rings (SSSR count). The van der Waals surface area contributed by atoms with Crippen molar-refractivity contribution in [2.75, 3.05) is 19.7 Å². The lowest BCUT2D eigenvalue weighted by Crippen LogP contribution is -2.65. The van der Waals surface area contributed by atoms with E-state index in [-0.39, 0.29) is 52.0 Å². The van der Waals surface area contributed by atoms with E-state index in [1.165, 1.54) is 24.3 Å². The van der Waals surface area contributed by atoms with Crippen LogP contribution in [0.15, 0.2) is 78.9 Å². The molecule has 0 radical (unpaired) electrons. The van der Waals surface area contributed by atoms with Crippen LogP contribution in [0.4, 0.5) is 0 Å². The van der Waals surface area contributed by atoms with Crippen LogP contribution >= 0.6 is 23.2 Å². The average molecular weight is 1690 g/mol. The molecule has 0 aliphatic carbocycles. The Morgan fingerprint density at radius 3 is 1.81 bits per heavy atom. The molecule has 5 aromatic rings. The summed E-state index contributed by atoms with van der Waals surface area (Å²) in [5.74, 6) is -15.7. The van der Waals surface area contributed by atoms with Crippen LogP contribution in [-0.4, -0.2) is 197 Å². The van der Waals surface area contributed by atoms with Crippen molar-refractivity contribution in [1.29, 1.82) is 0 Å². The number of nitrogens with one attached hydrogen (secondary N) is 8. The van der Waals surface area contributed by atoms with Crippen LogP contribution in [0.25, 0.3) is 11.1 Å². The Bertz CT molecular complexity index is 4410. The summed E-state index contributed by atoms with van der Waals surface area (Å²) in [6.07, 6.45) is -4.10. The number of aliphatic hydroxyl groups excluding tert-OH is 6. The van der Waals surface area contributed by atoms with E-state index in [9.17, 15) is 70.2 Å². The standard InChI is InChI=1S/C83H109Cl2N9O24/c1-7-9-11-13-15-17-19-27-87-51(29-40(3)4)75(105)93-66-68(100)43-22-25-55(49(84)31-43)114-57-33-45-34-58(72(57)118-82-73(71(103)70(102)59(39-95)116-82)117-61-38-83(6,74(104)41(5)113-61)88-28-20-18-16-14-12-10-8-2)115-56-26-23-44(32-50(56)85)69(101)67-80(110)92-65(81(111)112)48-35-46(96)36-54(98)62(48)47-30-42(21-24-53(47)97)63(77(107)94-67)91-78(108)64(45)90-76(106)52(37-60(86)99)89-79(66)109/h21-26,30-36,40-41,51-52,59,61,63-71,73-74,82,87-88,95-98,100-104H,7-20,27-29,37-39H2,1-6H3,(H2,86,99)(H,89,109)(H,90,106)(H,91,108)(H,92,110)(H,93,105)(H,94,107)(H,111,112)/t41-,51+,52-,59+,61-,63+,64-,65-,66+,67-,68+,69+,70+,71-,73+,74+,82-,83-/m0/s1. The zero-order valence-electron chi connectivity index (χ0n) is 66.6. The van der Waals surface area contributed by atoms with Crippen LogP contribution in [0, 0.1) is 5.92 Å². The Balaban J connectivity index is 1.17.